The van der Waals surface area contributed by atoms with Gasteiger partial charge >= 0.3 is 0 Å². The molecule has 4 nitrogen and oxygen atoms in total. The van der Waals surface area contributed by atoms with Crippen molar-refractivity contribution in [1.29, 1.82) is 0 Å². The van der Waals surface area contributed by atoms with Crippen LogP contribution in [0.25, 0.3) is 0 Å². The second-order valence-electron chi connectivity index (χ2n) is 5.54. The van der Waals surface area contributed by atoms with E-state index in [1.54, 1.807) is 0 Å². The number of nitrogens with one attached hydrogen (secondary N) is 1. The zero-order valence-corrected chi connectivity index (χ0v) is 12.7. The van der Waals surface area contributed by atoms with Gasteiger partial charge in [-0.25, -0.2) is 0 Å². The van der Waals surface area contributed by atoms with Crippen LogP contribution in [0.2, 0.25) is 0 Å². The summed E-state index contributed by atoms with van der Waals surface area (Å²) >= 11 is 0. The van der Waals surface area contributed by atoms with Gasteiger partial charge in [0.1, 0.15) is 0 Å². The Morgan fingerprint density at radius 1 is 1.37 bits per heavy atom. The van der Waals surface area contributed by atoms with Crippen molar-refractivity contribution in [1.82, 2.24) is 20.0 Å². The smallest absolute Gasteiger partial charge is 0.0597 e. The van der Waals surface area contributed by atoms with Gasteiger partial charge in [-0.3, -0.25) is 9.58 Å². The van der Waals surface area contributed by atoms with E-state index in [9.17, 15) is 0 Å². The van der Waals surface area contributed by atoms with Gasteiger partial charge in [0, 0.05) is 19.1 Å². The summed E-state index contributed by atoms with van der Waals surface area (Å²) in [4.78, 5) is 2.66. The van der Waals surface area contributed by atoms with Crippen molar-refractivity contribution in [3.05, 3.63) is 17.5 Å². The first kappa shape index (κ1) is 14.5. The van der Waals surface area contributed by atoms with Crippen LogP contribution in [0.4, 0.5) is 0 Å². The van der Waals surface area contributed by atoms with E-state index in [0.717, 1.165) is 37.9 Å². The molecule has 1 aromatic rings. The molecule has 4 heteroatoms. The molecule has 1 aromatic heterocycles. The van der Waals surface area contributed by atoms with E-state index in [4.69, 9.17) is 0 Å². The first-order valence-corrected chi connectivity index (χ1v) is 7.72. The number of piperidine rings is 1. The van der Waals surface area contributed by atoms with Crippen LogP contribution in [0.5, 0.6) is 0 Å². The van der Waals surface area contributed by atoms with Crippen LogP contribution in [-0.4, -0.2) is 40.4 Å². The highest BCUT2D eigenvalue weighted by Crippen LogP contribution is 2.17. The van der Waals surface area contributed by atoms with Crippen molar-refractivity contribution >= 4 is 0 Å². The fourth-order valence-electron chi connectivity index (χ4n) is 3.06. The van der Waals surface area contributed by atoms with Crippen molar-refractivity contribution in [2.75, 3.05) is 19.6 Å². The molecule has 0 aliphatic carbocycles. The Labute approximate surface area is 117 Å². The van der Waals surface area contributed by atoms with Crippen LogP contribution in [0.3, 0.4) is 0 Å². The van der Waals surface area contributed by atoms with Gasteiger partial charge in [0.05, 0.1) is 11.4 Å². The van der Waals surface area contributed by atoms with Gasteiger partial charge in [-0.2, -0.15) is 5.10 Å². The molecule has 0 atom stereocenters. The van der Waals surface area contributed by atoms with Gasteiger partial charge in [0.25, 0.3) is 0 Å². The van der Waals surface area contributed by atoms with Crippen LogP contribution in [0.1, 0.15) is 44.5 Å². The molecule has 0 unspecified atom stereocenters. The first-order valence-electron chi connectivity index (χ1n) is 7.72. The zero-order valence-electron chi connectivity index (χ0n) is 12.7. The number of nitrogens with zero attached hydrogens (tertiary/aromatic N) is 3. The molecule has 0 radical (unpaired) electrons. The minimum absolute atomic E-state index is 0.738. The maximum Gasteiger partial charge on any atom is 0.0597 e. The minimum Gasteiger partial charge on any atom is -0.317 e. The number of rotatable bonds is 6. The Bertz CT molecular complexity index is 379. The maximum atomic E-state index is 4.57. The van der Waals surface area contributed by atoms with E-state index in [-0.39, 0.29) is 0 Å². The summed E-state index contributed by atoms with van der Waals surface area (Å²) in [5.74, 6) is 0. The highest BCUT2D eigenvalue weighted by Gasteiger charge is 2.21. The van der Waals surface area contributed by atoms with Crippen LogP contribution in [0.15, 0.2) is 6.07 Å². The van der Waals surface area contributed by atoms with E-state index in [2.05, 4.69) is 46.8 Å². The number of aromatic nitrogens is 2. The molecule has 1 aliphatic heterocycles. The molecular weight excluding hydrogens is 236 g/mol. The lowest BCUT2D eigenvalue weighted by Crippen LogP contribution is -2.43. The summed E-state index contributed by atoms with van der Waals surface area (Å²) in [5, 5.41) is 8.02. The molecule has 0 aromatic carbocycles. The summed E-state index contributed by atoms with van der Waals surface area (Å²) in [6, 6.07) is 2.98. The second kappa shape index (κ2) is 7.06. The molecule has 0 spiro atoms. The van der Waals surface area contributed by atoms with Crippen molar-refractivity contribution < 1.29 is 0 Å². The summed E-state index contributed by atoms with van der Waals surface area (Å²) in [5.41, 5.74) is 2.51. The highest BCUT2D eigenvalue weighted by atomic mass is 15.3. The fraction of sp³-hybridized carbons (Fsp3) is 0.800. The molecule has 0 amide bonds. The number of aryl methyl sites for hydroxylation is 2. The minimum atomic E-state index is 0.738. The molecule has 1 aliphatic rings. The monoisotopic (exact) mass is 264 g/mol. The van der Waals surface area contributed by atoms with Crippen LogP contribution in [0, 0.1) is 6.92 Å². The van der Waals surface area contributed by atoms with E-state index >= 15 is 0 Å². The van der Waals surface area contributed by atoms with E-state index < -0.39 is 0 Å². The van der Waals surface area contributed by atoms with Crippen LogP contribution >= 0.6 is 0 Å². The number of hydrogen-bond acceptors (Lipinski definition) is 3. The van der Waals surface area contributed by atoms with Crippen molar-refractivity contribution in [2.45, 2.75) is 59.2 Å². The first-order chi connectivity index (χ1) is 9.24. The van der Waals surface area contributed by atoms with Crippen LogP contribution in [-0.2, 0) is 13.1 Å². The molecule has 1 N–H and O–H groups in total. The molecule has 1 saturated heterocycles. The summed E-state index contributed by atoms with van der Waals surface area (Å²) in [7, 11) is 0. The lowest BCUT2D eigenvalue weighted by Gasteiger charge is -2.34. The Morgan fingerprint density at radius 3 is 2.74 bits per heavy atom. The van der Waals surface area contributed by atoms with Gasteiger partial charge in [0.2, 0.25) is 0 Å². The lowest BCUT2D eigenvalue weighted by atomic mass is 10.0. The third-order valence-corrected chi connectivity index (χ3v) is 3.99. The van der Waals surface area contributed by atoms with Gasteiger partial charge in [-0.1, -0.05) is 6.92 Å². The number of hydrogen-bond donors (Lipinski definition) is 1. The van der Waals surface area contributed by atoms with E-state index in [1.807, 2.05) is 0 Å². The fourth-order valence-corrected chi connectivity index (χ4v) is 3.06. The second-order valence-corrected chi connectivity index (χ2v) is 5.54. The third kappa shape index (κ3) is 3.80. The van der Waals surface area contributed by atoms with Crippen molar-refractivity contribution in [2.24, 2.45) is 0 Å². The van der Waals surface area contributed by atoms with Gasteiger partial charge in [-0.05, 0) is 58.8 Å². The average Bonchev–Trinajstić information content (AvgIpc) is 2.79. The zero-order chi connectivity index (χ0) is 13.7. The molecule has 2 heterocycles. The predicted octanol–water partition coefficient (Wildman–Crippen LogP) is 2.18. The highest BCUT2D eigenvalue weighted by molar-refractivity contribution is 5.09. The largest absolute Gasteiger partial charge is 0.317 e. The lowest BCUT2D eigenvalue weighted by molar-refractivity contribution is 0.150. The molecule has 2 rings (SSSR count). The van der Waals surface area contributed by atoms with Gasteiger partial charge < -0.3 is 5.32 Å². The molecule has 108 valence electrons. The standard InChI is InChI=1S/C15H28N4/c1-4-10-18(14-6-8-16-9-7-14)12-15-11-13(3)17-19(15)5-2/h11,14,16H,4-10,12H2,1-3H3. The summed E-state index contributed by atoms with van der Waals surface area (Å²) in [6.07, 6.45) is 3.78. The van der Waals surface area contributed by atoms with Crippen molar-refractivity contribution in [3.8, 4) is 0 Å². The molecule has 0 saturated carbocycles. The van der Waals surface area contributed by atoms with E-state index in [1.165, 1.54) is 31.5 Å². The quantitative estimate of drug-likeness (QED) is 0.855. The SMILES string of the molecule is CCCN(Cc1cc(C)nn1CC)C1CCNCC1. The van der Waals surface area contributed by atoms with Gasteiger partial charge in [-0.15, -0.1) is 0 Å². The Kier molecular flexibility index (Phi) is 5.40. The topological polar surface area (TPSA) is 33.1 Å². The van der Waals surface area contributed by atoms with E-state index in [0.29, 0.717) is 0 Å². The summed E-state index contributed by atoms with van der Waals surface area (Å²) in [6.45, 7) is 12.1. The molecule has 0 bridgehead atoms. The third-order valence-electron chi connectivity index (χ3n) is 3.99. The molecule has 19 heavy (non-hydrogen) atoms. The summed E-state index contributed by atoms with van der Waals surface area (Å²) < 4.78 is 2.15. The molecule has 1 fully saturated rings. The predicted molar refractivity (Wildman–Crippen MR) is 79.2 cm³/mol. The normalized spacial score (nSPS) is 17.3. The van der Waals surface area contributed by atoms with Crippen molar-refractivity contribution in [3.63, 3.8) is 0 Å². The Hall–Kier alpha value is -0.870. The Balaban J connectivity index is 2.06. The maximum absolute atomic E-state index is 4.57. The Morgan fingerprint density at radius 2 is 2.11 bits per heavy atom. The van der Waals surface area contributed by atoms with Gasteiger partial charge in [0.15, 0.2) is 0 Å². The van der Waals surface area contributed by atoms with Crippen LogP contribution < -0.4 is 5.32 Å². The molecular formula is C15H28N4. The average molecular weight is 264 g/mol.